The van der Waals surface area contributed by atoms with Gasteiger partial charge in [0.15, 0.2) is 11.3 Å². The predicted octanol–water partition coefficient (Wildman–Crippen LogP) is -2.90. The molecule has 0 spiro atoms. The van der Waals surface area contributed by atoms with E-state index in [4.69, 9.17) is 19.9 Å². The normalized spacial score (nSPS) is 26.8. The Hall–Kier alpha value is -2.79. The summed E-state index contributed by atoms with van der Waals surface area (Å²) in [5, 5.41) is 55.6. The number of nitrogens with two attached hydrogens (primary N) is 1. The van der Waals surface area contributed by atoms with Crippen LogP contribution in [0.4, 0.5) is 4.79 Å². The number of carbonyl (C=O) groups excluding carboxylic acids is 2. The van der Waals surface area contributed by atoms with Crippen molar-refractivity contribution >= 4 is 18.0 Å². The minimum atomic E-state index is -1.81. The standard InChI is InChI=1S/C17H31N5O11/c1-17(2,3)33-16(28)20-8(5-4-6-19-15(18)21-22(29)30)13(26)31-7-9-10(23)11(24)12(25)14(27)32-9/h8-12,14,23-25,27H,4-7H2,1-3H3,(H,20,28)(H3,18,19,21)/t8-,9+,10+,11-,12+,14+/m1/s1. The molecule has 8 N–H and O–H groups in total. The maximum Gasteiger partial charge on any atom is 0.408 e. The SMILES string of the molecule is CC(C)(C)OC(=O)N[C@H](CCCN/C(N)=N/[N+](=O)[O-])C(=O)OC[C@@H]1O[C@H](O)[C@@H](O)[C@H](O)[C@H]1O. The molecular formula is C17H31N5O11. The summed E-state index contributed by atoms with van der Waals surface area (Å²) in [5.41, 5.74) is 4.45. The molecule has 0 aromatic carbocycles. The molecule has 0 radical (unpaired) electrons. The fraction of sp³-hybridized carbons (Fsp3) is 0.824. The fourth-order valence-electron chi connectivity index (χ4n) is 2.68. The highest BCUT2D eigenvalue weighted by atomic mass is 16.7. The Morgan fingerprint density at radius 1 is 1.21 bits per heavy atom. The number of nitrogens with one attached hydrogen (secondary N) is 2. The number of hydrazone groups is 1. The number of aliphatic hydroxyl groups excluding tert-OH is 4. The van der Waals surface area contributed by atoms with E-state index in [1.165, 1.54) is 0 Å². The van der Waals surface area contributed by atoms with Crippen molar-refractivity contribution in [3.8, 4) is 0 Å². The first-order valence-corrected chi connectivity index (χ1v) is 9.97. The molecule has 33 heavy (non-hydrogen) atoms. The van der Waals surface area contributed by atoms with Crippen molar-refractivity contribution in [1.29, 1.82) is 0 Å². The van der Waals surface area contributed by atoms with Gasteiger partial charge in [-0.25, -0.2) is 19.7 Å². The molecular weight excluding hydrogens is 450 g/mol. The van der Waals surface area contributed by atoms with Crippen molar-refractivity contribution in [1.82, 2.24) is 10.6 Å². The Balaban J connectivity index is 2.71. The molecule has 0 aromatic rings. The molecule has 190 valence electrons. The van der Waals surface area contributed by atoms with Gasteiger partial charge in [-0.1, -0.05) is 0 Å². The van der Waals surface area contributed by atoms with E-state index < -0.39 is 72.0 Å². The molecule has 0 saturated carbocycles. The summed E-state index contributed by atoms with van der Waals surface area (Å²) >= 11 is 0. The highest BCUT2D eigenvalue weighted by Gasteiger charge is 2.43. The van der Waals surface area contributed by atoms with E-state index in [0.717, 1.165) is 0 Å². The van der Waals surface area contributed by atoms with E-state index in [-0.39, 0.29) is 19.4 Å². The smallest absolute Gasteiger partial charge is 0.408 e. The monoisotopic (exact) mass is 481 g/mol. The minimum absolute atomic E-state index is 0.00510. The van der Waals surface area contributed by atoms with E-state index in [0.29, 0.717) is 0 Å². The summed E-state index contributed by atoms with van der Waals surface area (Å²) in [7, 11) is 0. The van der Waals surface area contributed by atoms with Crippen molar-refractivity contribution in [3.63, 3.8) is 0 Å². The van der Waals surface area contributed by atoms with Gasteiger partial charge in [-0.3, -0.25) is 0 Å². The number of hydrogen-bond acceptors (Lipinski definition) is 11. The van der Waals surface area contributed by atoms with Crippen LogP contribution in [0.1, 0.15) is 33.6 Å². The molecule has 1 amide bonds. The fourth-order valence-corrected chi connectivity index (χ4v) is 2.68. The third-order valence-electron chi connectivity index (χ3n) is 4.22. The topological polar surface area (TPSA) is 248 Å². The molecule has 6 atom stereocenters. The lowest BCUT2D eigenvalue weighted by atomic mass is 9.99. The van der Waals surface area contributed by atoms with E-state index in [1.807, 2.05) is 0 Å². The number of ether oxygens (including phenoxy) is 3. The Kier molecular flexibility index (Phi) is 10.7. The van der Waals surface area contributed by atoms with Gasteiger partial charge in [-0.2, -0.15) is 0 Å². The molecule has 1 heterocycles. The van der Waals surface area contributed by atoms with Gasteiger partial charge in [0.2, 0.25) is 0 Å². The van der Waals surface area contributed by atoms with Crippen LogP contribution in [-0.2, 0) is 19.0 Å². The molecule has 1 fully saturated rings. The Labute approximate surface area is 188 Å². The molecule has 16 heteroatoms. The van der Waals surface area contributed by atoms with Crippen LogP contribution in [-0.4, -0.2) is 99.0 Å². The summed E-state index contributed by atoms with van der Waals surface area (Å²) in [4.78, 5) is 34.9. The number of hydrogen-bond donors (Lipinski definition) is 7. The maximum atomic E-state index is 12.5. The quantitative estimate of drug-likeness (QED) is 0.0436. The first kappa shape index (κ1) is 28.2. The minimum Gasteiger partial charge on any atom is -0.461 e. The lowest BCUT2D eigenvalue weighted by molar-refractivity contribution is -0.485. The van der Waals surface area contributed by atoms with Gasteiger partial charge in [-0.15, -0.1) is 0 Å². The maximum absolute atomic E-state index is 12.5. The predicted molar refractivity (Wildman–Crippen MR) is 109 cm³/mol. The second-order valence-electron chi connectivity index (χ2n) is 8.16. The molecule has 16 nitrogen and oxygen atoms in total. The zero-order chi connectivity index (χ0) is 25.3. The van der Waals surface area contributed by atoms with Crippen LogP contribution in [0, 0.1) is 10.1 Å². The summed E-state index contributed by atoms with van der Waals surface area (Å²) in [6.45, 7) is 4.33. The average Bonchev–Trinajstić information content (AvgIpc) is 2.68. The van der Waals surface area contributed by atoms with Crippen molar-refractivity contribution in [2.45, 2.75) is 76.0 Å². The van der Waals surface area contributed by atoms with Crippen LogP contribution >= 0.6 is 0 Å². The Bertz CT molecular complexity index is 714. The molecule has 1 rings (SSSR count). The number of alkyl carbamates (subject to hydrolysis) is 1. The average molecular weight is 481 g/mol. The van der Waals surface area contributed by atoms with Gasteiger partial charge >= 0.3 is 12.1 Å². The third-order valence-corrected chi connectivity index (χ3v) is 4.22. The van der Waals surface area contributed by atoms with Gasteiger partial charge in [0.1, 0.15) is 47.8 Å². The number of carbonyl (C=O) groups is 2. The van der Waals surface area contributed by atoms with Crippen LogP contribution < -0.4 is 16.4 Å². The van der Waals surface area contributed by atoms with Crippen molar-refractivity contribution < 1.29 is 49.3 Å². The largest absolute Gasteiger partial charge is 0.461 e. The zero-order valence-corrected chi connectivity index (χ0v) is 18.4. The van der Waals surface area contributed by atoms with Gasteiger partial charge in [0.05, 0.1) is 0 Å². The van der Waals surface area contributed by atoms with Gasteiger partial charge in [0.25, 0.3) is 5.96 Å². The summed E-state index contributed by atoms with van der Waals surface area (Å²) in [6.07, 6.45) is -9.00. The molecule has 1 aliphatic heterocycles. The second kappa shape index (κ2) is 12.4. The summed E-state index contributed by atoms with van der Waals surface area (Å²) in [6, 6.07) is -1.23. The number of aliphatic hydroxyl groups is 4. The number of amides is 1. The van der Waals surface area contributed by atoms with E-state index in [2.05, 4.69) is 15.7 Å². The molecule has 1 saturated heterocycles. The number of nitrogens with zero attached hydrogens (tertiary/aromatic N) is 2. The number of rotatable bonds is 9. The lowest BCUT2D eigenvalue weighted by Crippen LogP contribution is -2.59. The first-order valence-electron chi connectivity index (χ1n) is 9.97. The zero-order valence-electron chi connectivity index (χ0n) is 18.4. The molecule has 0 aromatic heterocycles. The van der Waals surface area contributed by atoms with Crippen LogP contribution in [0.25, 0.3) is 0 Å². The lowest BCUT2D eigenvalue weighted by Gasteiger charge is -2.38. The van der Waals surface area contributed by atoms with Crippen molar-refractivity contribution in [2.75, 3.05) is 13.2 Å². The van der Waals surface area contributed by atoms with E-state index >= 15 is 0 Å². The molecule has 0 aliphatic carbocycles. The van der Waals surface area contributed by atoms with Crippen LogP contribution in [0.2, 0.25) is 0 Å². The van der Waals surface area contributed by atoms with Crippen LogP contribution in [0.3, 0.4) is 0 Å². The Morgan fingerprint density at radius 3 is 2.42 bits per heavy atom. The molecule has 0 unspecified atom stereocenters. The number of guanidine groups is 1. The van der Waals surface area contributed by atoms with Gasteiger partial charge < -0.3 is 51.0 Å². The first-order chi connectivity index (χ1) is 15.2. The number of esters is 1. The molecule has 1 aliphatic rings. The second-order valence-corrected chi connectivity index (χ2v) is 8.16. The Morgan fingerprint density at radius 2 is 1.85 bits per heavy atom. The number of nitro groups is 1. The van der Waals surface area contributed by atoms with Gasteiger partial charge in [0, 0.05) is 6.54 Å². The highest BCUT2D eigenvalue weighted by molar-refractivity contribution is 5.81. The van der Waals surface area contributed by atoms with E-state index in [9.17, 15) is 40.1 Å². The van der Waals surface area contributed by atoms with Crippen molar-refractivity contribution in [2.24, 2.45) is 10.8 Å². The third kappa shape index (κ3) is 10.1. The summed E-state index contributed by atoms with van der Waals surface area (Å²) in [5.74, 6) is -1.39. The molecule has 0 bridgehead atoms. The highest BCUT2D eigenvalue weighted by Crippen LogP contribution is 2.20. The summed E-state index contributed by atoms with van der Waals surface area (Å²) < 4.78 is 15.1. The van der Waals surface area contributed by atoms with Crippen LogP contribution in [0.15, 0.2) is 5.10 Å². The van der Waals surface area contributed by atoms with E-state index in [1.54, 1.807) is 20.8 Å². The van der Waals surface area contributed by atoms with Crippen molar-refractivity contribution in [3.05, 3.63) is 10.1 Å². The van der Waals surface area contributed by atoms with Gasteiger partial charge in [-0.05, 0) is 33.6 Å². The van der Waals surface area contributed by atoms with Crippen LogP contribution in [0.5, 0.6) is 0 Å².